The fourth-order valence-corrected chi connectivity index (χ4v) is 2.98. The van der Waals surface area contributed by atoms with Gasteiger partial charge in [-0.05, 0) is 30.0 Å². The molecule has 0 saturated heterocycles. The highest BCUT2D eigenvalue weighted by Crippen LogP contribution is 2.30. The van der Waals surface area contributed by atoms with Gasteiger partial charge in [0.1, 0.15) is 16.5 Å². The second kappa shape index (κ2) is 7.40. The number of carbonyl (C=O) groups is 1. The lowest BCUT2D eigenvalue weighted by atomic mass is 10.1. The highest BCUT2D eigenvalue weighted by atomic mass is 32.2. The molecule has 106 valence electrons. The Morgan fingerprint density at radius 2 is 2.15 bits per heavy atom. The number of nitrogens with one attached hydrogen (secondary N) is 1. The van der Waals surface area contributed by atoms with Crippen molar-refractivity contribution in [1.82, 2.24) is 4.98 Å². The van der Waals surface area contributed by atoms with Gasteiger partial charge in [-0.1, -0.05) is 6.92 Å². The zero-order valence-corrected chi connectivity index (χ0v) is 12.7. The summed E-state index contributed by atoms with van der Waals surface area (Å²) in [7, 11) is 0. The van der Waals surface area contributed by atoms with Crippen molar-refractivity contribution in [2.24, 2.45) is 0 Å². The first-order valence-corrected chi connectivity index (χ1v) is 8.31. The molecule has 1 aromatic carbocycles. The first-order chi connectivity index (χ1) is 9.70. The number of rotatable bonds is 6. The second-order valence-electron chi connectivity index (χ2n) is 4.03. The summed E-state index contributed by atoms with van der Waals surface area (Å²) in [5.74, 6) is 1.52. The maximum absolute atomic E-state index is 12.9. The van der Waals surface area contributed by atoms with Crippen LogP contribution in [0.15, 0.2) is 29.8 Å². The minimum atomic E-state index is -0.286. The third-order valence-electron chi connectivity index (χ3n) is 2.62. The molecule has 0 aliphatic heterocycles. The summed E-state index contributed by atoms with van der Waals surface area (Å²) in [5.41, 5.74) is 3.16. The number of anilines is 1. The molecule has 1 amide bonds. The van der Waals surface area contributed by atoms with Gasteiger partial charge in [-0.2, -0.15) is 11.8 Å². The summed E-state index contributed by atoms with van der Waals surface area (Å²) in [6.07, 6.45) is 0.485. The Balaban J connectivity index is 2.05. The van der Waals surface area contributed by atoms with Gasteiger partial charge in [0, 0.05) is 17.7 Å². The Morgan fingerprint density at radius 3 is 2.85 bits per heavy atom. The van der Waals surface area contributed by atoms with Gasteiger partial charge in [0.25, 0.3) is 0 Å². The summed E-state index contributed by atoms with van der Waals surface area (Å²) in [6.45, 7) is 2.07. The van der Waals surface area contributed by atoms with E-state index in [9.17, 15) is 9.18 Å². The molecule has 1 aromatic heterocycles. The van der Waals surface area contributed by atoms with Gasteiger partial charge < -0.3 is 5.32 Å². The molecule has 0 bridgehead atoms. The number of hydrogen-bond acceptors (Lipinski definition) is 4. The largest absolute Gasteiger partial charge is 0.316 e. The minimum Gasteiger partial charge on any atom is -0.316 e. The van der Waals surface area contributed by atoms with Crippen LogP contribution in [0.2, 0.25) is 0 Å². The molecular formula is C14H15FN2OS2. The molecule has 0 aliphatic rings. The lowest BCUT2D eigenvalue weighted by molar-refractivity contribution is -0.115. The van der Waals surface area contributed by atoms with Crippen LogP contribution in [0, 0.1) is 5.82 Å². The predicted molar refractivity (Wildman–Crippen MR) is 83.8 cm³/mol. The van der Waals surface area contributed by atoms with Crippen LogP contribution in [0.5, 0.6) is 0 Å². The van der Waals surface area contributed by atoms with Gasteiger partial charge >= 0.3 is 0 Å². The summed E-state index contributed by atoms with van der Waals surface area (Å²) >= 11 is 3.11. The Kier molecular flexibility index (Phi) is 5.55. The number of thioether (sulfide) groups is 1. The van der Waals surface area contributed by atoms with Crippen LogP contribution in [0.1, 0.15) is 13.3 Å². The zero-order chi connectivity index (χ0) is 14.4. The van der Waals surface area contributed by atoms with Crippen molar-refractivity contribution in [3.63, 3.8) is 0 Å². The van der Waals surface area contributed by atoms with Crippen molar-refractivity contribution < 1.29 is 9.18 Å². The highest BCUT2D eigenvalue weighted by Gasteiger charge is 2.11. The van der Waals surface area contributed by atoms with E-state index in [-0.39, 0.29) is 11.7 Å². The van der Waals surface area contributed by atoms with Crippen molar-refractivity contribution in [2.45, 2.75) is 13.3 Å². The van der Waals surface area contributed by atoms with Crippen LogP contribution in [-0.4, -0.2) is 22.4 Å². The van der Waals surface area contributed by atoms with E-state index < -0.39 is 0 Å². The van der Waals surface area contributed by atoms with Gasteiger partial charge in [0.05, 0.1) is 5.51 Å². The van der Waals surface area contributed by atoms with E-state index in [4.69, 9.17) is 0 Å². The third kappa shape index (κ3) is 4.05. The summed E-state index contributed by atoms with van der Waals surface area (Å²) in [6, 6.07) is 6.09. The second-order valence-corrected chi connectivity index (χ2v) is 6.28. The minimum absolute atomic E-state index is 0.0152. The molecule has 0 radical (unpaired) electrons. The number of thiazole rings is 1. The number of hydrogen-bond donors (Lipinski definition) is 1. The van der Waals surface area contributed by atoms with Crippen molar-refractivity contribution >= 4 is 34.0 Å². The molecule has 0 saturated carbocycles. The Bertz CT molecular complexity index is 569. The van der Waals surface area contributed by atoms with Crippen LogP contribution in [0.3, 0.4) is 0 Å². The molecular weight excluding hydrogens is 295 g/mol. The summed E-state index contributed by atoms with van der Waals surface area (Å²) < 4.78 is 12.9. The summed E-state index contributed by atoms with van der Waals surface area (Å²) in [5, 5.41) is 3.58. The van der Waals surface area contributed by atoms with Crippen LogP contribution in [0.25, 0.3) is 11.3 Å². The fraction of sp³-hybridized carbons (Fsp3) is 0.286. The fourth-order valence-electron chi connectivity index (χ4n) is 1.65. The quantitative estimate of drug-likeness (QED) is 0.819. The number of aromatic nitrogens is 1. The molecule has 0 spiro atoms. The van der Waals surface area contributed by atoms with E-state index in [1.807, 2.05) is 0 Å². The smallest absolute Gasteiger partial charge is 0.225 e. The van der Waals surface area contributed by atoms with E-state index in [1.165, 1.54) is 23.5 Å². The molecule has 2 rings (SSSR count). The average molecular weight is 310 g/mol. The predicted octanol–water partition coefficient (Wildman–Crippen LogP) is 4.03. The van der Waals surface area contributed by atoms with Gasteiger partial charge in [0.2, 0.25) is 5.91 Å². The highest BCUT2D eigenvalue weighted by molar-refractivity contribution is 7.99. The van der Waals surface area contributed by atoms with Crippen molar-refractivity contribution in [1.29, 1.82) is 0 Å². The van der Waals surface area contributed by atoms with Gasteiger partial charge in [0.15, 0.2) is 0 Å². The Labute approximate surface area is 125 Å². The first kappa shape index (κ1) is 15.0. The lowest BCUT2D eigenvalue weighted by Gasteiger charge is -2.05. The number of halogens is 1. The van der Waals surface area contributed by atoms with Crippen LogP contribution in [0.4, 0.5) is 9.39 Å². The average Bonchev–Trinajstić information content (AvgIpc) is 2.88. The normalized spacial score (nSPS) is 10.5. The van der Waals surface area contributed by atoms with E-state index in [1.54, 1.807) is 29.4 Å². The first-order valence-electron chi connectivity index (χ1n) is 6.27. The van der Waals surface area contributed by atoms with E-state index in [2.05, 4.69) is 17.2 Å². The standard InChI is InChI=1S/C14H15FN2OS2/c1-2-19-8-7-12(18)17-14-13(16-9-20-14)10-3-5-11(15)6-4-10/h3-6,9H,2,7-8H2,1H3,(H,17,18). The van der Waals surface area contributed by atoms with Crippen LogP contribution < -0.4 is 5.32 Å². The number of benzene rings is 1. The third-order valence-corrected chi connectivity index (χ3v) is 4.26. The number of nitrogens with zero attached hydrogens (tertiary/aromatic N) is 1. The van der Waals surface area contributed by atoms with E-state index in [0.717, 1.165) is 17.1 Å². The van der Waals surface area contributed by atoms with Gasteiger partial charge in [-0.15, -0.1) is 11.3 Å². The maximum atomic E-state index is 12.9. The number of carbonyl (C=O) groups excluding carboxylic acids is 1. The molecule has 0 atom stereocenters. The van der Waals surface area contributed by atoms with Gasteiger partial charge in [-0.25, -0.2) is 9.37 Å². The van der Waals surface area contributed by atoms with Crippen molar-refractivity contribution in [3.8, 4) is 11.3 Å². The molecule has 20 heavy (non-hydrogen) atoms. The monoisotopic (exact) mass is 310 g/mol. The molecule has 6 heteroatoms. The van der Waals surface area contributed by atoms with Crippen LogP contribution >= 0.6 is 23.1 Å². The topological polar surface area (TPSA) is 42.0 Å². The van der Waals surface area contributed by atoms with Crippen LogP contribution in [-0.2, 0) is 4.79 Å². The van der Waals surface area contributed by atoms with Crippen molar-refractivity contribution in [3.05, 3.63) is 35.6 Å². The summed E-state index contributed by atoms with van der Waals surface area (Å²) in [4.78, 5) is 16.1. The molecule has 3 nitrogen and oxygen atoms in total. The molecule has 0 fully saturated rings. The lowest BCUT2D eigenvalue weighted by Crippen LogP contribution is -2.12. The SMILES string of the molecule is CCSCCC(=O)Nc1scnc1-c1ccc(F)cc1. The van der Waals surface area contributed by atoms with Crippen molar-refractivity contribution in [2.75, 3.05) is 16.8 Å². The molecule has 2 aromatic rings. The molecule has 1 N–H and O–H groups in total. The maximum Gasteiger partial charge on any atom is 0.225 e. The number of amides is 1. The van der Waals surface area contributed by atoms with E-state index >= 15 is 0 Å². The molecule has 0 aliphatic carbocycles. The zero-order valence-electron chi connectivity index (χ0n) is 11.1. The Hall–Kier alpha value is -1.40. The van der Waals surface area contributed by atoms with E-state index in [0.29, 0.717) is 17.1 Å². The Morgan fingerprint density at radius 1 is 1.40 bits per heavy atom. The van der Waals surface area contributed by atoms with Gasteiger partial charge in [-0.3, -0.25) is 4.79 Å². The molecule has 1 heterocycles. The molecule has 0 unspecified atom stereocenters.